The van der Waals surface area contributed by atoms with Gasteiger partial charge in [-0.15, -0.1) is 0 Å². The van der Waals surface area contributed by atoms with Crippen molar-refractivity contribution in [2.45, 2.75) is 45.5 Å². The molecule has 1 aliphatic rings. The highest BCUT2D eigenvalue weighted by atomic mass is 35.5. The van der Waals surface area contributed by atoms with Crippen LogP contribution in [0.25, 0.3) is 0 Å². The van der Waals surface area contributed by atoms with Crippen LogP contribution in [0.5, 0.6) is 0 Å². The van der Waals surface area contributed by atoms with Crippen LogP contribution < -0.4 is 5.46 Å². The van der Waals surface area contributed by atoms with Crippen LogP contribution in [0.2, 0.25) is 5.02 Å². The van der Waals surface area contributed by atoms with Gasteiger partial charge in [0.2, 0.25) is 0 Å². The van der Waals surface area contributed by atoms with E-state index in [4.69, 9.17) is 25.6 Å². The number of hydrogen-bond donors (Lipinski definition) is 0. The molecular formula is C20H22BClO4. The molecule has 0 radical (unpaired) electrons. The Hall–Kier alpha value is -1.82. The van der Waals surface area contributed by atoms with Gasteiger partial charge in [-0.25, -0.2) is 4.79 Å². The van der Waals surface area contributed by atoms with E-state index in [1.165, 1.54) is 0 Å². The molecule has 1 saturated heterocycles. The van der Waals surface area contributed by atoms with Crippen molar-refractivity contribution in [3.63, 3.8) is 0 Å². The fourth-order valence-corrected chi connectivity index (χ4v) is 2.89. The number of ether oxygens (including phenoxy) is 1. The van der Waals surface area contributed by atoms with Crippen molar-refractivity contribution in [1.82, 2.24) is 0 Å². The van der Waals surface area contributed by atoms with Gasteiger partial charge < -0.3 is 14.0 Å². The van der Waals surface area contributed by atoms with Crippen molar-refractivity contribution in [3.05, 3.63) is 64.7 Å². The molecule has 26 heavy (non-hydrogen) atoms. The molecule has 0 bridgehead atoms. The van der Waals surface area contributed by atoms with Crippen molar-refractivity contribution in [2.24, 2.45) is 0 Å². The first-order chi connectivity index (χ1) is 12.2. The zero-order valence-corrected chi connectivity index (χ0v) is 16.2. The van der Waals surface area contributed by atoms with Crippen molar-refractivity contribution >= 4 is 30.2 Å². The largest absolute Gasteiger partial charge is 0.496 e. The van der Waals surface area contributed by atoms with Gasteiger partial charge in [-0.05, 0) is 45.4 Å². The lowest BCUT2D eigenvalue weighted by Crippen LogP contribution is -2.41. The molecule has 0 spiro atoms. The fraction of sp³-hybridized carbons (Fsp3) is 0.350. The van der Waals surface area contributed by atoms with Crippen molar-refractivity contribution in [2.75, 3.05) is 0 Å². The van der Waals surface area contributed by atoms with E-state index in [-0.39, 0.29) is 6.61 Å². The number of hydrogen-bond acceptors (Lipinski definition) is 4. The van der Waals surface area contributed by atoms with E-state index >= 15 is 0 Å². The Balaban J connectivity index is 1.71. The maximum atomic E-state index is 12.3. The lowest BCUT2D eigenvalue weighted by atomic mass is 9.78. The van der Waals surface area contributed by atoms with Crippen LogP contribution in [0, 0.1) is 0 Å². The van der Waals surface area contributed by atoms with E-state index in [2.05, 4.69) is 0 Å². The molecule has 4 nitrogen and oxygen atoms in total. The van der Waals surface area contributed by atoms with Gasteiger partial charge >= 0.3 is 13.1 Å². The molecule has 6 heteroatoms. The molecule has 1 heterocycles. The number of halogens is 1. The number of benzene rings is 2. The van der Waals surface area contributed by atoms with Gasteiger partial charge in [0.1, 0.15) is 6.61 Å². The lowest BCUT2D eigenvalue weighted by Gasteiger charge is -2.32. The van der Waals surface area contributed by atoms with Crippen LogP contribution in [0.4, 0.5) is 0 Å². The summed E-state index contributed by atoms with van der Waals surface area (Å²) in [6.07, 6.45) is 0. The van der Waals surface area contributed by atoms with Gasteiger partial charge in [0.05, 0.1) is 16.8 Å². The number of carbonyl (C=O) groups excluding carboxylic acids is 1. The molecule has 136 valence electrons. The van der Waals surface area contributed by atoms with Gasteiger partial charge in [0.25, 0.3) is 0 Å². The van der Waals surface area contributed by atoms with Crippen LogP contribution in [-0.4, -0.2) is 24.3 Å². The summed E-state index contributed by atoms with van der Waals surface area (Å²) >= 11 is 6.39. The molecule has 0 atom stereocenters. The molecular weight excluding hydrogens is 350 g/mol. The highest BCUT2D eigenvalue weighted by molar-refractivity contribution is 6.65. The zero-order valence-electron chi connectivity index (χ0n) is 15.4. The fourth-order valence-electron chi connectivity index (χ4n) is 2.62. The second kappa shape index (κ2) is 7.07. The minimum Gasteiger partial charge on any atom is -0.457 e. The van der Waals surface area contributed by atoms with Gasteiger partial charge in [-0.2, -0.15) is 0 Å². The molecule has 2 aromatic carbocycles. The monoisotopic (exact) mass is 372 g/mol. The summed E-state index contributed by atoms with van der Waals surface area (Å²) in [5.41, 5.74) is 1.12. The number of rotatable bonds is 4. The Labute approximate surface area is 159 Å². The maximum absolute atomic E-state index is 12.3. The molecule has 0 aromatic heterocycles. The molecule has 0 N–H and O–H groups in total. The summed E-state index contributed by atoms with van der Waals surface area (Å²) in [4.78, 5) is 12.3. The molecule has 0 unspecified atom stereocenters. The van der Waals surface area contributed by atoms with Crippen molar-refractivity contribution in [3.8, 4) is 0 Å². The van der Waals surface area contributed by atoms with E-state index < -0.39 is 24.3 Å². The summed E-state index contributed by atoms with van der Waals surface area (Å²) in [5.74, 6) is -0.420. The van der Waals surface area contributed by atoms with Crippen LogP contribution in [0.1, 0.15) is 43.6 Å². The van der Waals surface area contributed by atoms with Gasteiger partial charge in [0.15, 0.2) is 0 Å². The summed E-state index contributed by atoms with van der Waals surface area (Å²) < 4.78 is 17.4. The Morgan fingerprint density at radius 3 is 2.23 bits per heavy atom. The van der Waals surface area contributed by atoms with Gasteiger partial charge in [0, 0.05) is 10.5 Å². The summed E-state index contributed by atoms with van der Waals surface area (Å²) in [7, 11) is -0.568. The van der Waals surface area contributed by atoms with Gasteiger partial charge in [-0.1, -0.05) is 48.0 Å². The quantitative estimate of drug-likeness (QED) is 0.601. The SMILES string of the molecule is CC1(C)OB(c2ccc(C(=O)OCc3ccccc3)cc2Cl)OC1(C)C. The molecule has 2 aromatic rings. The topological polar surface area (TPSA) is 44.8 Å². The second-order valence-corrected chi connectivity index (χ2v) is 7.79. The zero-order chi connectivity index (χ0) is 18.9. The van der Waals surface area contributed by atoms with E-state index in [9.17, 15) is 4.79 Å². The Bertz CT molecular complexity index is 789. The van der Waals surface area contributed by atoms with Crippen LogP contribution in [-0.2, 0) is 20.7 Å². The van der Waals surface area contributed by atoms with Crippen LogP contribution in [0.3, 0.4) is 0 Å². The molecule has 0 amide bonds. The highest BCUT2D eigenvalue weighted by Crippen LogP contribution is 2.37. The average molecular weight is 373 g/mol. The van der Waals surface area contributed by atoms with Crippen LogP contribution in [0.15, 0.2) is 48.5 Å². The van der Waals surface area contributed by atoms with E-state index in [0.29, 0.717) is 16.0 Å². The smallest absolute Gasteiger partial charge is 0.457 e. The Kier molecular flexibility index (Phi) is 5.15. The molecule has 0 saturated carbocycles. The third-order valence-corrected chi connectivity index (χ3v) is 5.28. The highest BCUT2D eigenvalue weighted by Gasteiger charge is 2.52. The molecule has 1 aliphatic heterocycles. The maximum Gasteiger partial charge on any atom is 0.496 e. The second-order valence-electron chi connectivity index (χ2n) is 7.39. The average Bonchev–Trinajstić information content (AvgIpc) is 2.81. The van der Waals surface area contributed by atoms with Gasteiger partial charge in [-0.3, -0.25) is 0 Å². The van der Waals surface area contributed by atoms with Crippen molar-refractivity contribution in [1.29, 1.82) is 0 Å². The Morgan fingerprint density at radius 2 is 1.65 bits per heavy atom. The van der Waals surface area contributed by atoms with Crippen LogP contribution >= 0.6 is 11.6 Å². The normalized spacial score (nSPS) is 18.0. The third kappa shape index (κ3) is 3.80. The summed E-state index contributed by atoms with van der Waals surface area (Å²) in [5, 5.41) is 0.415. The summed E-state index contributed by atoms with van der Waals surface area (Å²) in [6, 6.07) is 14.6. The number of carbonyl (C=O) groups is 1. The predicted octanol–water partition coefficient (Wildman–Crippen LogP) is 4.00. The summed E-state index contributed by atoms with van der Waals surface area (Å²) in [6.45, 7) is 8.15. The molecule has 1 fully saturated rings. The third-order valence-electron chi connectivity index (χ3n) is 4.96. The first-order valence-corrected chi connectivity index (χ1v) is 8.93. The first-order valence-electron chi connectivity index (χ1n) is 8.56. The van der Waals surface area contributed by atoms with Crippen molar-refractivity contribution < 1.29 is 18.8 Å². The minimum absolute atomic E-state index is 0.219. The standard InChI is InChI=1S/C20H22BClO4/c1-19(2)20(3,4)26-21(25-19)16-11-10-15(12-17(16)22)18(23)24-13-14-8-6-5-7-9-14/h5-12H,13H2,1-4H3. The first kappa shape index (κ1) is 19.0. The molecule has 0 aliphatic carbocycles. The van der Waals surface area contributed by atoms with E-state index in [1.54, 1.807) is 18.2 Å². The lowest BCUT2D eigenvalue weighted by molar-refractivity contribution is 0.00578. The number of esters is 1. The van der Waals surface area contributed by atoms with E-state index in [0.717, 1.165) is 5.56 Å². The Morgan fingerprint density at radius 1 is 1.04 bits per heavy atom. The van der Waals surface area contributed by atoms with E-state index in [1.807, 2.05) is 58.0 Å². The minimum atomic E-state index is -0.568. The molecule has 3 rings (SSSR count). The predicted molar refractivity (Wildman–Crippen MR) is 103 cm³/mol.